The summed E-state index contributed by atoms with van der Waals surface area (Å²) in [5.41, 5.74) is 9.17. The molecule has 5 heterocycles. The van der Waals surface area contributed by atoms with Gasteiger partial charge < -0.3 is 16.0 Å². The molecule has 3 aromatic heterocycles. The predicted molar refractivity (Wildman–Crippen MR) is 156 cm³/mol. The van der Waals surface area contributed by atoms with E-state index in [0.717, 1.165) is 22.3 Å². The topological polar surface area (TPSA) is 133 Å². The summed E-state index contributed by atoms with van der Waals surface area (Å²) in [6, 6.07) is 8.43. The van der Waals surface area contributed by atoms with Gasteiger partial charge in [-0.05, 0) is 68.3 Å². The highest BCUT2D eigenvalue weighted by atomic mass is 32.1. The number of fused-ring (bicyclic) bond motifs is 1. The fraction of sp³-hybridized carbons (Fsp3) is 0.345. The Morgan fingerprint density at radius 1 is 1.20 bits per heavy atom. The highest BCUT2D eigenvalue weighted by Crippen LogP contribution is 2.36. The van der Waals surface area contributed by atoms with Crippen LogP contribution in [0.4, 0.5) is 10.1 Å². The molecule has 2 aliphatic heterocycles. The first kappa shape index (κ1) is 27.2. The molecule has 0 aliphatic carbocycles. The summed E-state index contributed by atoms with van der Waals surface area (Å²) in [7, 11) is 0. The van der Waals surface area contributed by atoms with Crippen molar-refractivity contribution in [3.8, 4) is 11.3 Å². The molecule has 41 heavy (non-hydrogen) atoms. The summed E-state index contributed by atoms with van der Waals surface area (Å²) in [6.07, 6.45) is 7.25. The lowest BCUT2D eigenvalue weighted by Crippen LogP contribution is -2.44. The standard InChI is InChI=1S/C29H31FN8O2S/c30-24-4-1-20(16-33-24)26-22-15-21(2-3-23(22)35-36-26)34-28(40)29(7-9-31)8-13-37(18-29)17-25(39)38-11-5-19(6-12-38)27-32-10-14-41-27/h1-5,10,14-16H,6-9,11-13,17-18,31H2,(H,34,40)(H,35,36)/t29-/m1/s1. The molecule has 0 spiro atoms. The number of hydrogen-bond donors (Lipinski definition) is 3. The van der Waals surface area contributed by atoms with E-state index in [1.807, 2.05) is 28.5 Å². The second-order valence-corrected chi connectivity index (χ2v) is 11.5. The van der Waals surface area contributed by atoms with Crippen LogP contribution < -0.4 is 11.1 Å². The van der Waals surface area contributed by atoms with Crippen LogP contribution in [-0.4, -0.2) is 81.0 Å². The number of carbonyl (C=O) groups is 2. The quantitative estimate of drug-likeness (QED) is 0.274. The predicted octanol–water partition coefficient (Wildman–Crippen LogP) is 3.52. The van der Waals surface area contributed by atoms with E-state index in [-0.39, 0.29) is 18.4 Å². The van der Waals surface area contributed by atoms with Gasteiger partial charge in [-0.2, -0.15) is 9.49 Å². The van der Waals surface area contributed by atoms with Gasteiger partial charge in [-0.3, -0.25) is 19.6 Å². The second-order valence-electron chi connectivity index (χ2n) is 10.6. The van der Waals surface area contributed by atoms with Crippen LogP contribution >= 0.6 is 11.3 Å². The number of thiazole rings is 1. The van der Waals surface area contributed by atoms with E-state index in [2.05, 4.69) is 36.5 Å². The van der Waals surface area contributed by atoms with Crippen molar-refractivity contribution in [3.05, 3.63) is 65.1 Å². The molecular weight excluding hydrogens is 543 g/mol. The maximum absolute atomic E-state index is 13.7. The van der Waals surface area contributed by atoms with Crippen LogP contribution in [0.2, 0.25) is 0 Å². The normalized spacial score (nSPS) is 19.5. The number of carbonyl (C=O) groups excluding carboxylic acids is 2. The molecule has 1 atom stereocenters. The molecule has 4 N–H and O–H groups in total. The molecule has 1 aromatic carbocycles. The number of aromatic amines is 1. The molecule has 2 aliphatic rings. The summed E-state index contributed by atoms with van der Waals surface area (Å²) in [4.78, 5) is 38.9. The first-order valence-electron chi connectivity index (χ1n) is 13.6. The zero-order chi connectivity index (χ0) is 28.4. The molecule has 6 rings (SSSR count). The number of halogens is 1. The van der Waals surface area contributed by atoms with Gasteiger partial charge in [-0.1, -0.05) is 6.08 Å². The Labute approximate surface area is 240 Å². The van der Waals surface area contributed by atoms with E-state index in [9.17, 15) is 14.0 Å². The minimum absolute atomic E-state index is 0.0663. The SMILES string of the molecule is NCC[C@@]1(C(=O)Nc2ccc3[nH]nc(-c4ccc(F)nc4)c3c2)CCN(CC(=O)N2CC=C(c3nccs3)CC2)C1. The molecule has 10 nitrogen and oxygen atoms in total. The fourth-order valence-corrected chi connectivity index (χ4v) is 6.44. The van der Waals surface area contributed by atoms with Gasteiger partial charge in [0.2, 0.25) is 17.8 Å². The molecule has 0 saturated carbocycles. The third-order valence-electron chi connectivity index (χ3n) is 7.99. The Kier molecular flexibility index (Phi) is 7.61. The molecule has 1 saturated heterocycles. The molecule has 2 amide bonds. The highest BCUT2D eigenvalue weighted by molar-refractivity contribution is 7.10. The second kappa shape index (κ2) is 11.5. The van der Waals surface area contributed by atoms with E-state index in [1.54, 1.807) is 23.6 Å². The average molecular weight is 575 g/mol. The number of anilines is 1. The van der Waals surface area contributed by atoms with Gasteiger partial charge in [0.15, 0.2) is 0 Å². The van der Waals surface area contributed by atoms with E-state index in [1.165, 1.54) is 17.8 Å². The minimum Gasteiger partial charge on any atom is -0.338 e. The third-order valence-corrected chi connectivity index (χ3v) is 8.84. The Morgan fingerprint density at radius 2 is 2.10 bits per heavy atom. The van der Waals surface area contributed by atoms with E-state index in [4.69, 9.17) is 5.73 Å². The Bertz CT molecular complexity index is 1590. The number of rotatable bonds is 8. The van der Waals surface area contributed by atoms with Crippen LogP contribution in [-0.2, 0) is 9.59 Å². The van der Waals surface area contributed by atoms with Crippen molar-refractivity contribution in [2.24, 2.45) is 11.1 Å². The summed E-state index contributed by atoms with van der Waals surface area (Å²) in [5, 5.41) is 14.2. The van der Waals surface area contributed by atoms with Gasteiger partial charge in [-0.25, -0.2) is 9.97 Å². The van der Waals surface area contributed by atoms with Gasteiger partial charge in [0.1, 0.15) is 10.7 Å². The molecule has 0 radical (unpaired) electrons. The lowest BCUT2D eigenvalue weighted by Gasteiger charge is -2.30. The molecular formula is C29H31FN8O2S. The van der Waals surface area contributed by atoms with Crippen molar-refractivity contribution in [2.75, 3.05) is 44.6 Å². The molecule has 0 unspecified atom stereocenters. The Hall–Kier alpha value is -4.00. The summed E-state index contributed by atoms with van der Waals surface area (Å²) < 4.78 is 13.3. The smallest absolute Gasteiger partial charge is 0.237 e. The van der Waals surface area contributed by atoms with Gasteiger partial charge in [0, 0.05) is 54.0 Å². The molecule has 0 bridgehead atoms. The van der Waals surface area contributed by atoms with E-state index < -0.39 is 11.4 Å². The first-order valence-corrected chi connectivity index (χ1v) is 14.5. The lowest BCUT2D eigenvalue weighted by molar-refractivity contribution is -0.132. The number of hydrogen-bond acceptors (Lipinski definition) is 8. The van der Waals surface area contributed by atoms with Crippen LogP contribution in [0.1, 0.15) is 24.3 Å². The monoisotopic (exact) mass is 574 g/mol. The number of amides is 2. The van der Waals surface area contributed by atoms with Crippen LogP contribution in [0.25, 0.3) is 27.7 Å². The summed E-state index contributed by atoms with van der Waals surface area (Å²) in [5.74, 6) is -0.607. The number of nitrogens with one attached hydrogen (secondary N) is 2. The van der Waals surface area contributed by atoms with Crippen molar-refractivity contribution in [3.63, 3.8) is 0 Å². The number of pyridine rings is 1. The number of H-pyrrole nitrogens is 1. The van der Waals surface area contributed by atoms with Crippen LogP contribution in [0.15, 0.2) is 54.2 Å². The largest absolute Gasteiger partial charge is 0.338 e. The summed E-state index contributed by atoms with van der Waals surface area (Å²) in [6.45, 7) is 3.00. The van der Waals surface area contributed by atoms with Crippen molar-refractivity contribution < 1.29 is 14.0 Å². The van der Waals surface area contributed by atoms with Gasteiger partial charge in [0.05, 0.1) is 17.5 Å². The minimum atomic E-state index is -0.691. The number of likely N-dealkylation sites (tertiary alicyclic amines) is 1. The fourth-order valence-electron chi connectivity index (χ4n) is 5.73. The maximum Gasteiger partial charge on any atom is 0.237 e. The maximum atomic E-state index is 13.7. The lowest BCUT2D eigenvalue weighted by atomic mass is 9.82. The number of nitrogens with two attached hydrogens (primary N) is 1. The average Bonchev–Trinajstić information content (AvgIpc) is 3.75. The Balaban J connectivity index is 1.12. The van der Waals surface area contributed by atoms with Gasteiger partial charge in [0.25, 0.3) is 0 Å². The van der Waals surface area contributed by atoms with Crippen molar-refractivity contribution in [1.29, 1.82) is 0 Å². The molecule has 4 aromatic rings. The summed E-state index contributed by atoms with van der Waals surface area (Å²) >= 11 is 1.61. The third kappa shape index (κ3) is 5.63. The molecule has 12 heteroatoms. The van der Waals surface area contributed by atoms with Crippen molar-refractivity contribution >= 4 is 45.3 Å². The van der Waals surface area contributed by atoms with Crippen LogP contribution in [0, 0.1) is 11.4 Å². The zero-order valence-electron chi connectivity index (χ0n) is 22.5. The highest BCUT2D eigenvalue weighted by Gasteiger charge is 2.44. The molecule has 1 fully saturated rings. The van der Waals surface area contributed by atoms with Crippen LogP contribution in [0.3, 0.4) is 0 Å². The first-order chi connectivity index (χ1) is 19.9. The van der Waals surface area contributed by atoms with E-state index in [0.29, 0.717) is 62.5 Å². The van der Waals surface area contributed by atoms with Crippen molar-refractivity contribution in [2.45, 2.75) is 19.3 Å². The number of aromatic nitrogens is 4. The zero-order valence-corrected chi connectivity index (χ0v) is 23.3. The number of benzene rings is 1. The van der Waals surface area contributed by atoms with Gasteiger partial charge >= 0.3 is 0 Å². The molecule has 212 valence electrons. The van der Waals surface area contributed by atoms with E-state index >= 15 is 0 Å². The Morgan fingerprint density at radius 3 is 2.83 bits per heavy atom. The van der Waals surface area contributed by atoms with Gasteiger partial charge in [-0.15, -0.1) is 11.3 Å². The van der Waals surface area contributed by atoms with Crippen LogP contribution in [0.5, 0.6) is 0 Å². The van der Waals surface area contributed by atoms with Crippen molar-refractivity contribution in [1.82, 2.24) is 30.0 Å². The number of nitrogens with zero attached hydrogens (tertiary/aromatic N) is 5.